The molecular formula is C11H10ClNO2. The molecule has 0 saturated carbocycles. The van der Waals surface area contributed by atoms with E-state index >= 15 is 0 Å². The van der Waals surface area contributed by atoms with Crippen molar-refractivity contribution in [1.29, 1.82) is 0 Å². The predicted octanol–water partition coefficient (Wildman–Crippen LogP) is 2.95. The van der Waals surface area contributed by atoms with Crippen LogP contribution in [0.15, 0.2) is 12.1 Å². The van der Waals surface area contributed by atoms with Gasteiger partial charge in [0.1, 0.15) is 5.69 Å². The number of ether oxygens (including phenoxy) is 1. The first-order valence-electron chi connectivity index (χ1n) is 4.49. The van der Waals surface area contributed by atoms with Crippen molar-refractivity contribution in [3.63, 3.8) is 0 Å². The maximum absolute atomic E-state index is 10.8. The molecule has 0 amide bonds. The van der Waals surface area contributed by atoms with E-state index in [0.717, 1.165) is 22.8 Å². The second kappa shape index (κ2) is 3.59. The van der Waals surface area contributed by atoms with Crippen LogP contribution in [0, 0.1) is 6.92 Å². The predicted molar refractivity (Wildman–Crippen MR) is 60.0 cm³/mol. The summed E-state index contributed by atoms with van der Waals surface area (Å²) in [6.45, 7) is 1.90. The molecule has 0 aliphatic rings. The summed E-state index contributed by atoms with van der Waals surface area (Å²) in [4.78, 5) is 13.8. The molecule has 78 valence electrons. The molecule has 0 unspecified atom stereocenters. The van der Waals surface area contributed by atoms with Crippen LogP contribution in [0.25, 0.3) is 10.9 Å². The molecule has 1 aromatic carbocycles. The van der Waals surface area contributed by atoms with E-state index < -0.39 is 0 Å². The van der Waals surface area contributed by atoms with Gasteiger partial charge < -0.3 is 9.72 Å². The Hall–Kier alpha value is -1.48. The molecule has 0 spiro atoms. The number of hydrogen-bond acceptors (Lipinski definition) is 2. The third kappa shape index (κ3) is 1.39. The van der Waals surface area contributed by atoms with Crippen LogP contribution in [0.2, 0.25) is 5.02 Å². The van der Waals surface area contributed by atoms with Gasteiger partial charge in [0.2, 0.25) is 0 Å². The molecule has 0 radical (unpaired) electrons. The van der Waals surface area contributed by atoms with Crippen LogP contribution in [-0.2, 0) is 0 Å². The van der Waals surface area contributed by atoms with Crippen molar-refractivity contribution in [2.24, 2.45) is 0 Å². The van der Waals surface area contributed by atoms with Gasteiger partial charge in [0.05, 0.1) is 12.6 Å². The van der Waals surface area contributed by atoms with Crippen molar-refractivity contribution in [3.8, 4) is 5.75 Å². The second-order valence-corrected chi connectivity index (χ2v) is 3.69. The minimum Gasteiger partial charge on any atom is -0.494 e. The molecule has 0 atom stereocenters. The number of methoxy groups -OCH3 is 1. The van der Waals surface area contributed by atoms with Crippen LogP contribution in [0.3, 0.4) is 0 Å². The Balaban J connectivity index is 2.87. The summed E-state index contributed by atoms with van der Waals surface area (Å²) in [7, 11) is 1.54. The average Bonchev–Trinajstić information content (AvgIpc) is 2.61. The maximum Gasteiger partial charge on any atom is 0.170 e. The van der Waals surface area contributed by atoms with Crippen molar-refractivity contribution in [1.82, 2.24) is 4.98 Å². The number of carbonyl (C=O) groups is 1. The standard InChI is InChI=1S/C11H10ClNO2/c1-6-8(12)4-3-7-10(6)13-9(5-14)11(7)15-2/h3-5,13H,1-2H3. The highest BCUT2D eigenvalue weighted by molar-refractivity contribution is 6.32. The lowest BCUT2D eigenvalue weighted by Crippen LogP contribution is -1.86. The zero-order valence-electron chi connectivity index (χ0n) is 8.43. The summed E-state index contributed by atoms with van der Waals surface area (Å²) in [6, 6.07) is 3.64. The van der Waals surface area contributed by atoms with Crippen LogP contribution < -0.4 is 4.74 Å². The molecule has 1 N–H and O–H groups in total. The number of aldehydes is 1. The van der Waals surface area contributed by atoms with Gasteiger partial charge in [-0.25, -0.2) is 0 Å². The number of nitrogens with one attached hydrogen (secondary N) is 1. The Morgan fingerprint density at radius 2 is 2.20 bits per heavy atom. The number of aromatic nitrogens is 1. The molecule has 1 heterocycles. The van der Waals surface area contributed by atoms with E-state index in [1.165, 1.54) is 0 Å². The van der Waals surface area contributed by atoms with Crippen LogP contribution >= 0.6 is 11.6 Å². The fourth-order valence-electron chi connectivity index (χ4n) is 1.68. The summed E-state index contributed by atoms with van der Waals surface area (Å²) in [5, 5.41) is 1.55. The van der Waals surface area contributed by atoms with Crippen molar-refractivity contribution in [2.75, 3.05) is 7.11 Å². The number of aromatic amines is 1. The minimum absolute atomic E-state index is 0.442. The van der Waals surface area contributed by atoms with Gasteiger partial charge in [0, 0.05) is 10.4 Å². The minimum atomic E-state index is 0.442. The van der Waals surface area contributed by atoms with Gasteiger partial charge >= 0.3 is 0 Å². The highest BCUT2D eigenvalue weighted by atomic mass is 35.5. The molecule has 15 heavy (non-hydrogen) atoms. The lowest BCUT2D eigenvalue weighted by Gasteiger charge is -2.00. The molecule has 0 fully saturated rings. The molecule has 3 nitrogen and oxygen atoms in total. The largest absolute Gasteiger partial charge is 0.494 e. The van der Waals surface area contributed by atoms with Crippen LogP contribution in [-0.4, -0.2) is 18.4 Å². The van der Waals surface area contributed by atoms with Gasteiger partial charge in [0.15, 0.2) is 12.0 Å². The summed E-state index contributed by atoms with van der Waals surface area (Å²) < 4.78 is 5.18. The number of H-pyrrole nitrogens is 1. The van der Waals surface area contributed by atoms with Crippen LogP contribution in [0.4, 0.5) is 0 Å². The molecular weight excluding hydrogens is 214 g/mol. The summed E-state index contributed by atoms with van der Waals surface area (Å²) >= 11 is 5.99. The zero-order valence-corrected chi connectivity index (χ0v) is 9.18. The molecule has 4 heteroatoms. The molecule has 0 aliphatic carbocycles. The number of hydrogen-bond donors (Lipinski definition) is 1. The smallest absolute Gasteiger partial charge is 0.170 e. The third-order valence-corrected chi connectivity index (χ3v) is 2.88. The van der Waals surface area contributed by atoms with E-state index in [0.29, 0.717) is 16.5 Å². The lowest BCUT2D eigenvalue weighted by molar-refractivity contribution is 0.111. The maximum atomic E-state index is 10.8. The van der Waals surface area contributed by atoms with Gasteiger partial charge in [-0.15, -0.1) is 0 Å². The van der Waals surface area contributed by atoms with Crippen molar-refractivity contribution >= 4 is 28.8 Å². The molecule has 0 bridgehead atoms. The Kier molecular flexibility index (Phi) is 2.40. The molecule has 2 rings (SSSR count). The van der Waals surface area contributed by atoms with E-state index in [-0.39, 0.29) is 0 Å². The number of rotatable bonds is 2. The van der Waals surface area contributed by atoms with E-state index in [1.54, 1.807) is 13.2 Å². The lowest BCUT2D eigenvalue weighted by atomic mass is 10.1. The SMILES string of the molecule is COc1c(C=O)[nH]c2c(C)c(Cl)ccc12. The summed E-state index contributed by atoms with van der Waals surface area (Å²) in [5.41, 5.74) is 2.21. The quantitative estimate of drug-likeness (QED) is 0.796. The first-order chi connectivity index (χ1) is 7.19. The number of aryl methyl sites for hydroxylation is 1. The fourth-order valence-corrected chi connectivity index (χ4v) is 1.83. The summed E-state index contributed by atoms with van der Waals surface area (Å²) in [6.07, 6.45) is 0.742. The van der Waals surface area contributed by atoms with Crippen LogP contribution in [0.1, 0.15) is 16.1 Å². The Morgan fingerprint density at radius 3 is 2.80 bits per heavy atom. The van der Waals surface area contributed by atoms with E-state index in [9.17, 15) is 4.79 Å². The molecule has 1 aromatic heterocycles. The number of fused-ring (bicyclic) bond motifs is 1. The highest BCUT2D eigenvalue weighted by Gasteiger charge is 2.13. The molecule has 0 aliphatic heterocycles. The normalized spacial score (nSPS) is 10.6. The number of halogens is 1. The van der Waals surface area contributed by atoms with Gasteiger partial charge in [-0.2, -0.15) is 0 Å². The Bertz CT molecular complexity index is 531. The van der Waals surface area contributed by atoms with Gasteiger partial charge in [-0.05, 0) is 24.6 Å². The highest BCUT2D eigenvalue weighted by Crippen LogP contribution is 2.33. The first kappa shape index (κ1) is 10.1. The van der Waals surface area contributed by atoms with Crippen LogP contribution in [0.5, 0.6) is 5.75 Å². The topological polar surface area (TPSA) is 42.1 Å². The van der Waals surface area contributed by atoms with E-state index in [2.05, 4.69) is 4.98 Å². The number of benzene rings is 1. The van der Waals surface area contributed by atoms with Crippen molar-refractivity contribution in [2.45, 2.75) is 6.92 Å². The fraction of sp³-hybridized carbons (Fsp3) is 0.182. The number of carbonyl (C=O) groups excluding carboxylic acids is 1. The zero-order chi connectivity index (χ0) is 11.0. The monoisotopic (exact) mass is 223 g/mol. The second-order valence-electron chi connectivity index (χ2n) is 3.28. The Morgan fingerprint density at radius 1 is 1.47 bits per heavy atom. The van der Waals surface area contributed by atoms with E-state index in [1.807, 2.05) is 13.0 Å². The van der Waals surface area contributed by atoms with Gasteiger partial charge in [-0.3, -0.25) is 4.79 Å². The molecule has 0 saturated heterocycles. The van der Waals surface area contributed by atoms with E-state index in [4.69, 9.17) is 16.3 Å². The first-order valence-corrected chi connectivity index (χ1v) is 4.86. The molecule has 2 aromatic rings. The summed E-state index contributed by atoms with van der Waals surface area (Å²) in [5.74, 6) is 0.569. The van der Waals surface area contributed by atoms with Gasteiger partial charge in [-0.1, -0.05) is 11.6 Å². The third-order valence-electron chi connectivity index (χ3n) is 2.47. The van der Waals surface area contributed by atoms with Crippen molar-refractivity contribution in [3.05, 3.63) is 28.4 Å². The average molecular weight is 224 g/mol. The van der Waals surface area contributed by atoms with Gasteiger partial charge in [0.25, 0.3) is 0 Å². The Labute approximate surface area is 92.0 Å². The van der Waals surface area contributed by atoms with Crippen molar-refractivity contribution < 1.29 is 9.53 Å².